The van der Waals surface area contributed by atoms with E-state index in [9.17, 15) is 0 Å². The monoisotopic (exact) mass is 234 g/mol. The number of aliphatic hydroxyl groups excluding tert-OH is 1. The highest BCUT2D eigenvalue weighted by molar-refractivity contribution is 6.29. The molecule has 0 unspecified atom stereocenters. The number of halogens is 1. The van der Waals surface area contributed by atoms with E-state index in [0.29, 0.717) is 16.7 Å². The van der Waals surface area contributed by atoms with E-state index in [2.05, 4.69) is 9.97 Å². The summed E-state index contributed by atoms with van der Waals surface area (Å²) >= 11 is 5.85. The van der Waals surface area contributed by atoms with Crippen LogP contribution in [0.1, 0.15) is 11.3 Å². The molecule has 4 heteroatoms. The Kier molecular flexibility index (Phi) is 3.17. The summed E-state index contributed by atoms with van der Waals surface area (Å²) < 4.78 is 0. The van der Waals surface area contributed by atoms with E-state index in [1.54, 1.807) is 6.07 Å². The molecule has 0 spiro atoms. The van der Waals surface area contributed by atoms with Crippen molar-refractivity contribution in [3.63, 3.8) is 0 Å². The first-order valence-corrected chi connectivity index (χ1v) is 5.28. The Morgan fingerprint density at radius 3 is 2.50 bits per heavy atom. The minimum Gasteiger partial charge on any atom is -0.390 e. The van der Waals surface area contributed by atoms with Gasteiger partial charge in [-0.2, -0.15) is 0 Å². The predicted octanol–water partition coefficient (Wildman–Crippen LogP) is 2.60. The van der Waals surface area contributed by atoms with Gasteiger partial charge in [-0.15, -0.1) is 0 Å². The van der Waals surface area contributed by atoms with Gasteiger partial charge < -0.3 is 5.11 Å². The minimum atomic E-state index is -0.138. The molecule has 0 saturated carbocycles. The molecule has 0 aliphatic rings. The molecule has 3 nitrogen and oxygen atoms in total. The van der Waals surface area contributed by atoms with Crippen molar-refractivity contribution < 1.29 is 5.11 Å². The van der Waals surface area contributed by atoms with Gasteiger partial charge >= 0.3 is 0 Å². The molecule has 0 aliphatic heterocycles. The van der Waals surface area contributed by atoms with Crippen molar-refractivity contribution in [2.24, 2.45) is 0 Å². The maximum atomic E-state index is 9.03. The van der Waals surface area contributed by atoms with Crippen LogP contribution < -0.4 is 0 Å². The normalized spacial score (nSPS) is 10.4. The van der Waals surface area contributed by atoms with Gasteiger partial charge in [0.1, 0.15) is 5.15 Å². The van der Waals surface area contributed by atoms with E-state index in [1.165, 1.54) is 5.56 Å². The van der Waals surface area contributed by atoms with Crippen molar-refractivity contribution in [3.05, 3.63) is 46.7 Å². The lowest BCUT2D eigenvalue weighted by atomic mass is 10.1. The zero-order valence-electron chi connectivity index (χ0n) is 8.81. The maximum absolute atomic E-state index is 9.03. The molecule has 1 aromatic heterocycles. The van der Waals surface area contributed by atoms with E-state index in [0.717, 1.165) is 5.56 Å². The van der Waals surface area contributed by atoms with Crippen LogP contribution >= 0.6 is 11.6 Å². The van der Waals surface area contributed by atoms with Gasteiger partial charge in [0.15, 0.2) is 5.82 Å². The Bertz CT molecular complexity index is 497. The molecule has 2 rings (SSSR count). The predicted molar refractivity (Wildman–Crippen MR) is 63.1 cm³/mol. The topological polar surface area (TPSA) is 46.0 Å². The standard InChI is InChI=1S/C12H11ClN2O/c1-8-2-4-9(5-3-8)12-14-10(7-16)6-11(13)15-12/h2-6,16H,7H2,1H3. The van der Waals surface area contributed by atoms with Gasteiger partial charge in [0.05, 0.1) is 12.3 Å². The molecule has 0 atom stereocenters. The fourth-order valence-corrected chi connectivity index (χ4v) is 1.58. The van der Waals surface area contributed by atoms with Crippen LogP contribution in [0.5, 0.6) is 0 Å². The molecular formula is C12H11ClN2O. The van der Waals surface area contributed by atoms with Gasteiger partial charge in [0.2, 0.25) is 0 Å². The molecule has 0 bridgehead atoms. The Labute approximate surface area is 98.8 Å². The summed E-state index contributed by atoms with van der Waals surface area (Å²) in [5.41, 5.74) is 2.59. The van der Waals surface area contributed by atoms with Gasteiger partial charge in [0.25, 0.3) is 0 Å². The first-order chi connectivity index (χ1) is 7.69. The molecule has 0 fully saturated rings. The molecule has 1 N–H and O–H groups in total. The van der Waals surface area contributed by atoms with Crippen LogP contribution in [0.4, 0.5) is 0 Å². The molecule has 2 aromatic rings. The number of aryl methyl sites for hydroxylation is 1. The molecule has 0 amide bonds. The highest BCUT2D eigenvalue weighted by atomic mass is 35.5. The first-order valence-electron chi connectivity index (χ1n) is 4.90. The second-order valence-electron chi connectivity index (χ2n) is 3.53. The van der Waals surface area contributed by atoms with Crippen LogP contribution in [-0.2, 0) is 6.61 Å². The van der Waals surface area contributed by atoms with E-state index in [-0.39, 0.29) is 6.61 Å². The Balaban J connectivity index is 2.47. The summed E-state index contributed by atoms with van der Waals surface area (Å²) in [6, 6.07) is 9.39. The summed E-state index contributed by atoms with van der Waals surface area (Å²) in [5.74, 6) is 0.538. The second kappa shape index (κ2) is 4.60. The van der Waals surface area contributed by atoms with Crippen LogP contribution in [-0.4, -0.2) is 15.1 Å². The van der Waals surface area contributed by atoms with Gasteiger partial charge in [-0.3, -0.25) is 0 Å². The summed E-state index contributed by atoms with van der Waals surface area (Å²) in [6.45, 7) is 1.88. The zero-order chi connectivity index (χ0) is 11.5. The average molecular weight is 235 g/mol. The zero-order valence-corrected chi connectivity index (χ0v) is 9.57. The van der Waals surface area contributed by atoms with Crippen LogP contribution in [0, 0.1) is 6.92 Å². The quantitative estimate of drug-likeness (QED) is 0.813. The van der Waals surface area contributed by atoms with E-state index >= 15 is 0 Å². The van der Waals surface area contributed by atoms with Gasteiger partial charge in [0, 0.05) is 5.56 Å². The Morgan fingerprint density at radius 1 is 1.19 bits per heavy atom. The minimum absolute atomic E-state index is 0.138. The highest BCUT2D eigenvalue weighted by Gasteiger charge is 2.04. The molecule has 1 aromatic carbocycles. The third-order valence-electron chi connectivity index (χ3n) is 2.22. The number of hydrogen-bond donors (Lipinski definition) is 1. The number of aliphatic hydroxyl groups is 1. The molecule has 16 heavy (non-hydrogen) atoms. The summed E-state index contributed by atoms with van der Waals surface area (Å²) in [4.78, 5) is 8.33. The summed E-state index contributed by atoms with van der Waals surface area (Å²) in [6.07, 6.45) is 0. The third-order valence-corrected chi connectivity index (χ3v) is 2.41. The van der Waals surface area contributed by atoms with Crippen molar-refractivity contribution in [1.29, 1.82) is 0 Å². The number of benzene rings is 1. The third kappa shape index (κ3) is 2.38. The average Bonchev–Trinajstić information content (AvgIpc) is 2.29. The Morgan fingerprint density at radius 2 is 1.88 bits per heavy atom. The molecule has 0 saturated heterocycles. The summed E-state index contributed by atoms with van der Waals surface area (Å²) in [5, 5.41) is 9.37. The summed E-state index contributed by atoms with van der Waals surface area (Å²) in [7, 11) is 0. The molecule has 0 radical (unpaired) electrons. The highest BCUT2D eigenvalue weighted by Crippen LogP contribution is 2.18. The van der Waals surface area contributed by atoms with Crippen LogP contribution in [0.2, 0.25) is 5.15 Å². The lowest BCUT2D eigenvalue weighted by molar-refractivity contribution is 0.277. The molecule has 1 heterocycles. The number of hydrogen-bond acceptors (Lipinski definition) is 3. The van der Waals surface area contributed by atoms with E-state index < -0.39 is 0 Å². The van der Waals surface area contributed by atoms with Crippen molar-refractivity contribution in [2.45, 2.75) is 13.5 Å². The van der Waals surface area contributed by atoms with Gasteiger partial charge in [-0.05, 0) is 13.0 Å². The van der Waals surface area contributed by atoms with Crippen LogP contribution in [0.15, 0.2) is 30.3 Å². The second-order valence-corrected chi connectivity index (χ2v) is 3.92. The van der Waals surface area contributed by atoms with Crippen molar-refractivity contribution in [2.75, 3.05) is 0 Å². The fourth-order valence-electron chi connectivity index (χ4n) is 1.38. The number of aromatic nitrogens is 2. The molecule has 0 aliphatic carbocycles. The van der Waals surface area contributed by atoms with Gasteiger partial charge in [-0.25, -0.2) is 9.97 Å². The lowest BCUT2D eigenvalue weighted by Crippen LogP contribution is -1.95. The maximum Gasteiger partial charge on any atom is 0.161 e. The number of nitrogens with zero attached hydrogens (tertiary/aromatic N) is 2. The fraction of sp³-hybridized carbons (Fsp3) is 0.167. The van der Waals surface area contributed by atoms with Crippen LogP contribution in [0.25, 0.3) is 11.4 Å². The smallest absolute Gasteiger partial charge is 0.161 e. The van der Waals surface area contributed by atoms with E-state index in [4.69, 9.17) is 16.7 Å². The van der Waals surface area contributed by atoms with Crippen molar-refractivity contribution in [3.8, 4) is 11.4 Å². The van der Waals surface area contributed by atoms with Crippen molar-refractivity contribution >= 4 is 11.6 Å². The first kappa shape index (κ1) is 11.0. The van der Waals surface area contributed by atoms with Gasteiger partial charge in [-0.1, -0.05) is 41.4 Å². The van der Waals surface area contributed by atoms with E-state index in [1.807, 2.05) is 31.2 Å². The van der Waals surface area contributed by atoms with Crippen LogP contribution in [0.3, 0.4) is 0 Å². The number of rotatable bonds is 2. The Hall–Kier alpha value is -1.45. The van der Waals surface area contributed by atoms with Crippen molar-refractivity contribution in [1.82, 2.24) is 9.97 Å². The lowest BCUT2D eigenvalue weighted by Gasteiger charge is -2.03. The largest absolute Gasteiger partial charge is 0.390 e. The molecule has 82 valence electrons. The SMILES string of the molecule is Cc1ccc(-c2nc(Cl)cc(CO)n2)cc1. The molecular weight excluding hydrogens is 224 g/mol.